The number of likely N-dealkylation sites (N-methyl/N-ethyl adjacent to an activating group) is 4. The number of pyridine rings is 2. The monoisotopic (exact) mass is 1080 g/mol. The second-order valence-corrected chi connectivity index (χ2v) is 20.7. The molecule has 77 heavy (non-hydrogen) atoms. The molecule has 0 spiro atoms. The summed E-state index contributed by atoms with van der Waals surface area (Å²) >= 11 is 0.973. The van der Waals surface area contributed by atoms with Crippen LogP contribution in [-0.4, -0.2) is 200 Å². The van der Waals surface area contributed by atoms with E-state index in [4.69, 9.17) is 9.47 Å². The Labute approximate surface area is 447 Å². The van der Waals surface area contributed by atoms with E-state index in [0.717, 1.165) is 31.4 Å². The number of fused-ring (bicyclic) bond motifs is 6. The third-order valence-electron chi connectivity index (χ3n) is 13.4. The molecule has 6 rings (SSSR count). The third kappa shape index (κ3) is 13.1. The predicted molar refractivity (Wildman–Crippen MR) is 280 cm³/mol. The maximum atomic E-state index is 14.9. The van der Waals surface area contributed by atoms with Gasteiger partial charge in [-0.05, 0) is 49.9 Å². The molecule has 24 nitrogen and oxygen atoms in total. The molecule has 8 amide bonds. The standard InChI is InChI=1S/C52H64N10O14S/c1-25(2)41-51(73)75-21-33(57-45(67)39-37(63)19-29-15-11-13-17-31(29)55-39)43(65)53-28(6)48(70)60(8)36-24-77-23-35(49(71)61(41)9)59(7)47(69)27(5)54-44(66)34(22-76-52(74)42(26(3)4)62(10)50(36)72)58-46(68)40-38(64)20-30-16-12-14-18-32(30)56-40/h11-20,25-28,33-36,41-42,63-64H,21-24H2,1-10H3,(H,53,65)(H,54,66)(H,57,67)(H,58,68)/t27-,28-,33+,34+,35-,36-,41-,42-/m0/s1. The fourth-order valence-corrected chi connectivity index (χ4v) is 10.3. The summed E-state index contributed by atoms with van der Waals surface area (Å²) in [7, 11) is 5.16. The topological polar surface area (TPSA) is 316 Å². The van der Waals surface area contributed by atoms with Gasteiger partial charge >= 0.3 is 11.9 Å². The summed E-state index contributed by atoms with van der Waals surface area (Å²) in [5.41, 5.74) is -0.279. The van der Waals surface area contributed by atoms with Crippen molar-refractivity contribution < 1.29 is 67.6 Å². The number of cyclic esters (lactones) is 2. The van der Waals surface area contributed by atoms with Crippen LogP contribution in [0.4, 0.5) is 0 Å². The highest BCUT2D eigenvalue weighted by Crippen LogP contribution is 2.26. The van der Waals surface area contributed by atoms with Crippen molar-refractivity contribution in [3.05, 3.63) is 72.1 Å². The number of carbonyl (C=O) groups is 10. The van der Waals surface area contributed by atoms with Crippen molar-refractivity contribution in [2.24, 2.45) is 11.8 Å². The van der Waals surface area contributed by atoms with Gasteiger partial charge in [-0.3, -0.25) is 38.4 Å². The maximum absolute atomic E-state index is 14.9. The van der Waals surface area contributed by atoms with E-state index in [0.29, 0.717) is 21.8 Å². The molecule has 2 bridgehead atoms. The Bertz CT molecular complexity index is 2780. The zero-order valence-corrected chi connectivity index (χ0v) is 45.1. The van der Waals surface area contributed by atoms with Crippen LogP contribution in [0, 0.1) is 11.8 Å². The third-order valence-corrected chi connectivity index (χ3v) is 14.5. The van der Waals surface area contributed by atoms with E-state index in [1.54, 1.807) is 76.2 Å². The summed E-state index contributed by atoms with van der Waals surface area (Å²) in [6, 6.07) is 3.78. The summed E-state index contributed by atoms with van der Waals surface area (Å²) in [6.07, 6.45) is 0. The second kappa shape index (κ2) is 24.7. The van der Waals surface area contributed by atoms with E-state index in [2.05, 4.69) is 31.2 Å². The van der Waals surface area contributed by atoms with Crippen LogP contribution >= 0.6 is 11.8 Å². The number of ether oxygens (including phenoxy) is 2. The molecule has 0 unspecified atom stereocenters. The fraction of sp³-hybridized carbons (Fsp3) is 0.462. The molecule has 0 aliphatic carbocycles. The molecule has 2 aromatic heterocycles. The van der Waals surface area contributed by atoms with Gasteiger partial charge in [-0.2, -0.15) is 11.8 Å². The van der Waals surface area contributed by atoms with Gasteiger partial charge < -0.3 is 60.6 Å². The van der Waals surface area contributed by atoms with Crippen molar-refractivity contribution >= 4 is 92.8 Å². The first-order valence-electron chi connectivity index (χ1n) is 24.7. The number of amides is 8. The lowest BCUT2D eigenvalue weighted by atomic mass is 10.0. The van der Waals surface area contributed by atoms with Gasteiger partial charge in [0.05, 0.1) is 11.0 Å². The van der Waals surface area contributed by atoms with Crippen LogP contribution in [0.5, 0.6) is 11.5 Å². The van der Waals surface area contributed by atoms with Gasteiger partial charge in [0.1, 0.15) is 73.0 Å². The molecular formula is C52H64N10O14S. The summed E-state index contributed by atoms with van der Waals surface area (Å²) in [4.78, 5) is 156. The van der Waals surface area contributed by atoms with Crippen LogP contribution in [0.15, 0.2) is 60.7 Å². The highest BCUT2D eigenvalue weighted by Gasteiger charge is 2.43. The summed E-state index contributed by atoms with van der Waals surface area (Å²) in [5, 5.41) is 32.6. The maximum Gasteiger partial charge on any atom is 0.329 e. The molecule has 4 heterocycles. The van der Waals surface area contributed by atoms with E-state index in [-0.39, 0.29) is 11.5 Å². The van der Waals surface area contributed by atoms with E-state index < -0.39 is 155 Å². The number of hydrogen-bond donors (Lipinski definition) is 6. The number of benzene rings is 2. The number of thioether (sulfide) groups is 1. The van der Waals surface area contributed by atoms with Crippen LogP contribution in [0.2, 0.25) is 0 Å². The Hall–Kier alpha value is -8.09. The van der Waals surface area contributed by atoms with Crippen molar-refractivity contribution in [3.8, 4) is 11.5 Å². The second-order valence-electron chi connectivity index (χ2n) is 19.6. The van der Waals surface area contributed by atoms with Gasteiger partial charge in [0.25, 0.3) is 11.8 Å². The molecule has 2 saturated heterocycles. The highest BCUT2D eigenvalue weighted by molar-refractivity contribution is 7.99. The van der Waals surface area contributed by atoms with E-state index in [1.807, 2.05) is 0 Å². The lowest BCUT2D eigenvalue weighted by Gasteiger charge is -2.37. The van der Waals surface area contributed by atoms with Gasteiger partial charge in [-0.25, -0.2) is 19.6 Å². The molecule has 2 aliphatic heterocycles. The molecule has 2 aromatic carbocycles. The largest absolute Gasteiger partial charge is 0.505 e. The minimum atomic E-state index is -1.75. The average molecular weight is 1090 g/mol. The number of hydrogen-bond acceptors (Lipinski definition) is 17. The normalized spacial score (nSPS) is 24.4. The zero-order chi connectivity index (χ0) is 56.7. The molecule has 6 N–H and O–H groups in total. The molecule has 2 aliphatic rings. The summed E-state index contributed by atoms with van der Waals surface area (Å²) in [6.45, 7) is 7.35. The van der Waals surface area contributed by atoms with Crippen LogP contribution in [0.25, 0.3) is 21.8 Å². The Morgan fingerprint density at radius 2 is 0.935 bits per heavy atom. The summed E-state index contributed by atoms with van der Waals surface area (Å²) in [5.74, 6) is -12.5. The van der Waals surface area contributed by atoms with Crippen LogP contribution in [0.1, 0.15) is 62.5 Å². The number of aromatic nitrogens is 2. The molecule has 8 atom stereocenters. The van der Waals surface area contributed by atoms with Gasteiger partial charge in [0.2, 0.25) is 35.4 Å². The first-order chi connectivity index (χ1) is 36.3. The average Bonchev–Trinajstić information content (AvgIpc) is 3.39. The minimum absolute atomic E-state index is 0.270. The number of aromatic hydroxyl groups is 2. The smallest absolute Gasteiger partial charge is 0.329 e. The van der Waals surface area contributed by atoms with Crippen molar-refractivity contribution in [2.45, 2.75) is 89.9 Å². The predicted octanol–water partition coefficient (Wildman–Crippen LogP) is 0.567. The first kappa shape index (κ1) is 58.2. The number of nitrogens with one attached hydrogen (secondary N) is 4. The molecule has 0 saturated carbocycles. The van der Waals surface area contributed by atoms with E-state index >= 15 is 0 Å². The van der Waals surface area contributed by atoms with Crippen LogP contribution < -0.4 is 21.3 Å². The van der Waals surface area contributed by atoms with E-state index in [1.165, 1.54) is 54.2 Å². The Kier molecular flexibility index (Phi) is 18.7. The molecule has 25 heteroatoms. The van der Waals surface area contributed by atoms with Gasteiger partial charge in [-0.15, -0.1) is 0 Å². The van der Waals surface area contributed by atoms with Crippen molar-refractivity contribution in [1.82, 2.24) is 50.8 Å². The zero-order valence-electron chi connectivity index (χ0n) is 44.3. The minimum Gasteiger partial charge on any atom is -0.505 e. The molecular weight excluding hydrogens is 1020 g/mol. The summed E-state index contributed by atoms with van der Waals surface area (Å²) < 4.78 is 11.4. The Morgan fingerprint density at radius 1 is 0.584 bits per heavy atom. The van der Waals surface area contributed by atoms with Crippen molar-refractivity contribution in [3.63, 3.8) is 0 Å². The lowest BCUT2D eigenvalue weighted by Crippen LogP contribution is -2.60. The fourth-order valence-electron chi connectivity index (χ4n) is 9.02. The van der Waals surface area contributed by atoms with Crippen molar-refractivity contribution in [1.29, 1.82) is 0 Å². The van der Waals surface area contributed by atoms with E-state index in [9.17, 15) is 58.2 Å². The Balaban J connectivity index is 1.40. The van der Waals surface area contributed by atoms with Crippen LogP contribution in [0.3, 0.4) is 0 Å². The van der Waals surface area contributed by atoms with Crippen molar-refractivity contribution in [2.75, 3.05) is 52.9 Å². The van der Waals surface area contributed by atoms with Gasteiger partial charge in [-0.1, -0.05) is 64.1 Å². The molecule has 2 fully saturated rings. The number of esters is 2. The lowest BCUT2D eigenvalue weighted by molar-refractivity contribution is -0.160. The SMILES string of the molecule is CC(C)[C@H]1C(=O)OC[C@@H](NC(=O)c2nc3ccccc3cc2O)C(=O)N[C@@H](C)C(=O)N(C)[C@H]2CSC[C@@H](C(=O)N1C)N(C)C(=O)[C@H](C)NC(=O)[C@H](NC(=O)c1nc3ccccc3cc1O)COC(=O)[C@H](C(C)C)N(C)C2=O. The molecule has 0 radical (unpaired) electrons. The highest BCUT2D eigenvalue weighted by atomic mass is 32.2. The van der Waals surface area contributed by atoms with Crippen LogP contribution in [-0.2, 0) is 47.8 Å². The van der Waals surface area contributed by atoms with Gasteiger partial charge in [0, 0.05) is 50.5 Å². The number of para-hydroxylation sites is 2. The number of carbonyl (C=O) groups excluding carboxylic acids is 10. The Morgan fingerprint density at radius 3 is 1.29 bits per heavy atom. The quantitative estimate of drug-likeness (QED) is 0.144. The number of rotatable bonds is 6. The first-order valence-corrected chi connectivity index (χ1v) is 25.9. The molecule has 4 aromatic rings. The number of nitrogens with zero attached hydrogens (tertiary/aromatic N) is 6. The van der Waals surface area contributed by atoms with Gasteiger partial charge in [0.15, 0.2) is 11.4 Å². The molecule has 412 valence electrons.